The largest absolute Gasteiger partial charge is 0.443 e. The van der Waals surface area contributed by atoms with E-state index >= 15 is 0 Å². The maximum absolute atomic E-state index is 12.3. The number of hydrogen-bond acceptors (Lipinski definition) is 4. The number of alkyl halides is 3. The molecule has 1 aromatic heterocycles. The van der Waals surface area contributed by atoms with Crippen molar-refractivity contribution in [2.24, 2.45) is 0 Å². The van der Waals surface area contributed by atoms with Crippen LogP contribution in [0.2, 0.25) is 0 Å². The van der Waals surface area contributed by atoms with Gasteiger partial charge in [-0.15, -0.1) is 11.3 Å². The predicted molar refractivity (Wildman–Crippen MR) is 59.8 cm³/mol. The molecule has 0 radical (unpaired) electrons. The van der Waals surface area contributed by atoms with Crippen molar-refractivity contribution < 1.29 is 18.3 Å². The molecule has 1 heterocycles. The summed E-state index contributed by atoms with van der Waals surface area (Å²) in [4.78, 5) is 3.53. The molecule has 0 bridgehead atoms. The first-order valence-electron chi connectivity index (χ1n) is 5.24. The first-order valence-corrected chi connectivity index (χ1v) is 6.05. The summed E-state index contributed by atoms with van der Waals surface area (Å²) < 4.78 is 37.0. The Labute approximate surface area is 102 Å². The smallest absolute Gasteiger partial charge is 0.385 e. The molecule has 1 unspecified atom stereocenters. The van der Waals surface area contributed by atoms with E-state index in [0.29, 0.717) is 24.3 Å². The standard InChI is InChI=1S/C10H15F3N2OS/c1-3-14-5-4-9(2,16)7-6-15-8(17-7)10(11,12)13/h6,14,16H,3-5H2,1-2H3. The minimum Gasteiger partial charge on any atom is -0.385 e. The predicted octanol–water partition coefficient (Wildman–Crippen LogP) is 2.37. The van der Waals surface area contributed by atoms with Crippen molar-refractivity contribution in [2.45, 2.75) is 32.0 Å². The lowest BCUT2D eigenvalue weighted by Crippen LogP contribution is -2.26. The Hall–Kier alpha value is -0.660. The van der Waals surface area contributed by atoms with E-state index in [9.17, 15) is 18.3 Å². The van der Waals surface area contributed by atoms with Crippen LogP contribution in [0.15, 0.2) is 6.20 Å². The van der Waals surface area contributed by atoms with Crippen LogP contribution in [0.25, 0.3) is 0 Å². The molecule has 3 nitrogen and oxygen atoms in total. The van der Waals surface area contributed by atoms with E-state index in [-0.39, 0.29) is 4.88 Å². The number of aliphatic hydroxyl groups is 1. The van der Waals surface area contributed by atoms with E-state index in [1.165, 1.54) is 6.92 Å². The van der Waals surface area contributed by atoms with Gasteiger partial charge in [-0.3, -0.25) is 0 Å². The van der Waals surface area contributed by atoms with Crippen molar-refractivity contribution in [3.63, 3.8) is 0 Å². The van der Waals surface area contributed by atoms with Crippen LogP contribution in [-0.2, 0) is 11.8 Å². The van der Waals surface area contributed by atoms with Gasteiger partial charge in [-0.05, 0) is 26.4 Å². The van der Waals surface area contributed by atoms with Crippen molar-refractivity contribution in [1.29, 1.82) is 0 Å². The zero-order chi connectivity index (χ0) is 13.1. The van der Waals surface area contributed by atoms with Crippen molar-refractivity contribution in [1.82, 2.24) is 10.3 Å². The average molecular weight is 268 g/mol. The normalized spacial score (nSPS) is 15.9. The van der Waals surface area contributed by atoms with Gasteiger partial charge in [-0.1, -0.05) is 6.92 Å². The van der Waals surface area contributed by atoms with Crippen LogP contribution in [-0.4, -0.2) is 23.2 Å². The highest BCUT2D eigenvalue weighted by molar-refractivity contribution is 7.11. The molecule has 0 saturated heterocycles. The molecule has 0 fully saturated rings. The maximum Gasteiger partial charge on any atom is 0.443 e. The molecule has 0 aromatic carbocycles. The second-order valence-corrected chi connectivity index (χ2v) is 4.94. The lowest BCUT2D eigenvalue weighted by molar-refractivity contribution is -0.137. The molecule has 7 heteroatoms. The Bertz CT molecular complexity index is 363. The molecule has 2 N–H and O–H groups in total. The monoisotopic (exact) mass is 268 g/mol. The van der Waals surface area contributed by atoms with Crippen LogP contribution < -0.4 is 5.32 Å². The van der Waals surface area contributed by atoms with Gasteiger partial charge >= 0.3 is 6.18 Å². The van der Waals surface area contributed by atoms with E-state index in [0.717, 1.165) is 12.7 Å². The summed E-state index contributed by atoms with van der Waals surface area (Å²) in [5.41, 5.74) is -1.27. The Kier molecular flexibility index (Phi) is 4.51. The van der Waals surface area contributed by atoms with E-state index in [1.807, 2.05) is 6.92 Å². The molecule has 0 aliphatic heterocycles. The lowest BCUT2D eigenvalue weighted by atomic mass is 10.0. The third-order valence-corrected chi connectivity index (χ3v) is 3.61. The van der Waals surface area contributed by atoms with Gasteiger partial charge in [0.15, 0.2) is 5.01 Å². The van der Waals surface area contributed by atoms with E-state index in [1.54, 1.807) is 0 Å². The van der Waals surface area contributed by atoms with Crippen LogP contribution in [0.1, 0.15) is 30.2 Å². The highest BCUT2D eigenvalue weighted by Crippen LogP contribution is 2.36. The SMILES string of the molecule is CCNCCC(C)(O)c1cnc(C(F)(F)F)s1. The van der Waals surface area contributed by atoms with Crippen molar-refractivity contribution in [3.05, 3.63) is 16.1 Å². The van der Waals surface area contributed by atoms with Crippen LogP contribution >= 0.6 is 11.3 Å². The third kappa shape index (κ3) is 3.93. The van der Waals surface area contributed by atoms with Gasteiger partial charge in [0.05, 0.1) is 10.5 Å². The molecule has 17 heavy (non-hydrogen) atoms. The summed E-state index contributed by atoms with van der Waals surface area (Å²) in [7, 11) is 0. The number of thiazole rings is 1. The van der Waals surface area contributed by atoms with Gasteiger partial charge in [0.1, 0.15) is 0 Å². The van der Waals surface area contributed by atoms with E-state index in [4.69, 9.17) is 0 Å². The fourth-order valence-corrected chi connectivity index (χ4v) is 2.14. The summed E-state index contributed by atoms with van der Waals surface area (Å²) in [5.74, 6) is 0. The number of hydrogen-bond donors (Lipinski definition) is 2. The third-order valence-electron chi connectivity index (χ3n) is 2.32. The fourth-order valence-electron chi connectivity index (χ4n) is 1.29. The number of nitrogens with one attached hydrogen (secondary N) is 1. The summed E-state index contributed by atoms with van der Waals surface area (Å²) in [6.45, 7) is 4.72. The number of rotatable bonds is 5. The molecule has 0 saturated carbocycles. The molecular weight excluding hydrogens is 253 g/mol. The van der Waals surface area contributed by atoms with Crippen molar-refractivity contribution in [2.75, 3.05) is 13.1 Å². The lowest BCUT2D eigenvalue weighted by Gasteiger charge is -2.21. The van der Waals surface area contributed by atoms with Gasteiger partial charge < -0.3 is 10.4 Å². The molecule has 98 valence electrons. The molecule has 1 rings (SSSR count). The quantitative estimate of drug-likeness (QED) is 0.806. The molecule has 0 spiro atoms. The maximum atomic E-state index is 12.3. The summed E-state index contributed by atoms with van der Waals surface area (Å²) in [6.07, 6.45) is -3.00. The second-order valence-electron chi connectivity index (χ2n) is 3.90. The number of aromatic nitrogens is 1. The Morgan fingerprint density at radius 2 is 2.12 bits per heavy atom. The summed E-state index contributed by atoms with van der Waals surface area (Å²) in [6, 6.07) is 0. The van der Waals surface area contributed by atoms with E-state index in [2.05, 4.69) is 10.3 Å². The minimum atomic E-state index is -4.44. The van der Waals surface area contributed by atoms with Crippen LogP contribution in [0, 0.1) is 0 Å². The fraction of sp³-hybridized carbons (Fsp3) is 0.700. The zero-order valence-electron chi connectivity index (χ0n) is 9.64. The summed E-state index contributed by atoms with van der Waals surface area (Å²) in [5, 5.41) is 12.1. The highest BCUT2D eigenvalue weighted by atomic mass is 32.1. The van der Waals surface area contributed by atoms with Gasteiger partial charge in [0.25, 0.3) is 0 Å². The van der Waals surface area contributed by atoms with Gasteiger partial charge in [-0.2, -0.15) is 13.2 Å². The van der Waals surface area contributed by atoms with Crippen molar-refractivity contribution >= 4 is 11.3 Å². The van der Waals surface area contributed by atoms with E-state index < -0.39 is 16.8 Å². The molecular formula is C10H15F3N2OS. The highest BCUT2D eigenvalue weighted by Gasteiger charge is 2.36. The van der Waals surface area contributed by atoms with Crippen LogP contribution in [0.3, 0.4) is 0 Å². The zero-order valence-corrected chi connectivity index (χ0v) is 10.5. The summed E-state index contributed by atoms with van der Waals surface area (Å²) >= 11 is 0.491. The second kappa shape index (κ2) is 5.32. The minimum absolute atomic E-state index is 0.239. The number of nitrogens with zero attached hydrogens (tertiary/aromatic N) is 1. The van der Waals surface area contributed by atoms with Crippen LogP contribution in [0.4, 0.5) is 13.2 Å². The molecule has 0 aliphatic carbocycles. The molecule has 1 atom stereocenters. The van der Waals surface area contributed by atoms with Gasteiger partial charge in [-0.25, -0.2) is 4.98 Å². The Morgan fingerprint density at radius 3 is 2.59 bits per heavy atom. The Morgan fingerprint density at radius 1 is 1.47 bits per heavy atom. The first kappa shape index (κ1) is 14.4. The Balaban J connectivity index is 2.74. The number of halogens is 3. The molecule has 0 amide bonds. The van der Waals surface area contributed by atoms with Crippen LogP contribution in [0.5, 0.6) is 0 Å². The van der Waals surface area contributed by atoms with Gasteiger partial charge in [0, 0.05) is 6.20 Å². The average Bonchev–Trinajstić information content (AvgIpc) is 2.66. The van der Waals surface area contributed by atoms with Gasteiger partial charge in [0.2, 0.25) is 0 Å². The first-order chi connectivity index (χ1) is 7.77. The van der Waals surface area contributed by atoms with Crippen molar-refractivity contribution in [3.8, 4) is 0 Å². The molecule has 1 aromatic rings. The topological polar surface area (TPSA) is 45.1 Å². The molecule has 0 aliphatic rings.